The molecule has 0 radical (unpaired) electrons. The molecule has 7 heteroatoms. The highest BCUT2D eigenvalue weighted by Crippen LogP contribution is 2.44. The fourth-order valence-corrected chi connectivity index (χ4v) is 4.22. The molecule has 3 aromatic carbocycles. The summed E-state index contributed by atoms with van der Waals surface area (Å²) in [5.41, 5.74) is 2.95. The summed E-state index contributed by atoms with van der Waals surface area (Å²) < 4.78 is 39.3. The Morgan fingerprint density at radius 2 is 1.94 bits per heavy atom. The number of carbonyl (C=O) groups excluding carboxylic acids is 1. The second-order valence-electron chi connectivity index (χ2n) is 7.84. The molecule has 0 aliphatic carbocycles. The van der Waals surface area contributed by atoms with Gasteiger partial charge in [-0.15, -0.1) is 0 Å². The molecule has 0 saturated carbocycles. The molecule has 2 aliphatic heterocycles. The molecular formula is C25H18ClF2NO3. The average molecular weight is 454 g/mol. The van der Waals surface area contributed by atoms with Gasteiger partial charge in [0.15, 0.2) is 5.76 Å². The van der Waals surface area contributed by atoms with Crippen molar-refractivity contribution in [3.05, 3.63) is 98.8 Å². The molecule has 2 heterocycles. The molecule has 0 spiro atoms. The van der Waals surface area contributed by atoms with Crippen LogP contribution in [-0.4, -0.2) is 17.4 Å². The van der Waals surface area contributed by atoms with E-state index in [1.807, 2.05) is 17.9 Å². The second-order valence-corrected chi connectivity index (χ2v) is 8.24. The topological polar surface area (TPSA) is 38.8 Å². The molecule has 0 N–H and O–H groups in total. The summed E-state index contributed by atoms with van der Waals surface area (Å²) in [5.74, 6) is -0.0649. The van der Waals surface area contributed by atoms with Crippen molar-refractivity contribution < 1.29 is 23.0 Å². The predicted octanol–water partition coefficient (Wildman–Crippen LogP) is 5.89. The minimum absolute atomic E-state index is 0.0131. The summed E-state index contributed by atoms with van der Waals surface area (Å²) in [6, 6.07) is 12.4. The molecule has 0 bridgehead atoms. The fraction of sp³-hybridized carbons (Fsp3) is 0.160. The highest BCUT2D eigenvalue weighted by atomic mass is 35.5. The number of ether oxygens (including phenoxy) is 2. The van der Waals surface area contributed by atoms with Crippen LogP contribution < -0.4 is 9.47 Å². The van der Waals surface area contributed by atoms with E-state index in [4.69, 9.17) is 21.1 Å². The third-order valence-corrected chi connectivity index (χ3v) is 5.91. The van der Waals surface area contributed by atoms with Crippen LogP contribution in [0.1, 0.15) is 32.6 Å². The summed E-state index contributed by atoms with van der Waals surface area (Å²) in [7, 11) is 0. The van der Waals surface area contributed by atoms with Crippen LogP contribution in [0.5, 0.6) is 11.5 Å². The highest BCUT2D eigenvalue weighted by molar-refractivity contribution is 6.32. The molecule has 4 nitrogen and oxygen atoms in total. The van der Waals surface area contributed by atoms with Gasteiger partial charge in [-0.1, -0.05) is 29.8 Å². The van der Waals surface area contributed by atoms with Gasteiger partial charge >= 0.3 is 0 Å². The predicted molar refractivity (Wildman–Crippen MR) is 117 cm³/mol. The average Bonchev–Trinajstić information content (AvgIpc) is 3.10. The Hall–Kier alpha value is -3.22. The third-order valence-electron chi connectivity index (χ3n) is 5.58. The number of hydrogen-bond donors (Lipinski definition) is 0. The van der Waals surface area contributed by atoms with Crippen molar-refractivity contribution >= 4 is 23.5 Å². The number of benzene rings is 3. The van der Waals surface area contributed by atoms with Gasteiger partial charge < -0.3 is 9.47 Å². The van der Waals surface area contributed by atoms with Crippen molar-refractivity contribution in [2.45, 2.75) is 20.0 Å². The monoisotopic (exact) mass is 453 g/mol. The van der Waals surface area contributed by atoms with Crippen molar-refractivity contribution in [2.24, 2.45) is 0 Å². The minimum atomic E-state index is -0.537. The van der Waals surface area contributed by atoms with Crippen LogP contribution in [0.25, 0.3) is 6.08 Å². The summed E-state index contributed by atoms with van der Waals surface area (Å²) in [6.07, 6.45) is 1.34. The molecule has 0 aromatic heterocycles. The van der Waals surface area contributed by atoms with E-state index in [0.29, 0.717) is 36.9 Å². The van der Waals surface area contributed by atoms with Crippen LogP contribution >= 0.6 is 11.6 Å². The maximum absolute atomic E-state index is 14.2. The molecule has 5 rings (SSSR count). The Kier molecular flexibility index (Phi) is 5.19. The van der Waals surface area contributed by atoms with Crippen molar-refractivity contribution in [3.8, 4) is 11.5 Å². The quantitative estimate of drug-likeness (QED) is 0.463. The van der Waals surface area contributed by atoms with E-state index in [-0.39, 0.29) is 27.9 Å². The van der Waals surface area contributed by atoms with E-state index >= 15 is 0 Å². The first-order valence-electron chi connectivity index (χ1n) is 10.0. The highest BCUT2D eigenvalue weighted by Gasteiger charge is 2.35. The molecule has 0 saturated heterocycles. The Labute approximate surface area is 188 Å². The standard InChI is InChI=1S/C25H18ClF2NO3/c1-14-9-21-18(12-29(13-31-21)11-15-5-7-16(27)8-6-15)25-23(14)24(30)22(32-25)10-17-19(26)3-2-4-20(17)28/h2-10H,11-13H2,1H3/b22-10-. The summed E-state index contributed by atoms with van der Waals surface area (Å²) >= 11 is 6.12. The van der Waals surface area contributed by atoms with Gasteiger partial charge in [0.25, 0.3) is 0 Å². The number of Topliss-reactive ketones (excluding diaryl/α,β-unsaturated/α-hetero) is 1. The van der Waals surface area contributed by atoms with Crippen molar-refractivity contribution in [3.63, 3.8) is 0 Å². The number of rotatable bonds is 3. The third kappa shape index (κ3) is 3.66. The Balaban J connectivity index is 1.48. The first kappa shape index (κ1) is 20.7. The molecule has 0 fully saturated rings. The molecule has 3 aromatic rings. The van der Waals surface area contributed by atoms with E-state index in [0.717, 1.165) is 16.7 Å². The Morgan fingerprint density at radius 1 is 1.16 bits per heavy atom. The normalized spacial score (nSPS) is 16.5. The van der Waals surface area contributed by atoms with Gasteiger partial charge in [-0.2, -0.15) is 0 Å². The molecule has 0 atom stereocenters. The Morgan fingerprint density at radius 3 is 2.69 bits per heavy atom. The maximum Gasteiger partial charge on any atom is 0.232 e. The van der Waals surface area contributed by atoms with Crippen molar-refractivity contribution in [1.29, 1.82) is 0 Å². The van der Waals surface area contributed by atoms with Crippen molar-refractivity contribution in [1.82, 2.24) is 4.90 Å². The van der Waals surface area contributed by atoms with E-state index < -0.39 is 5.82 Å². The number of allylic oxidation sites excluding steroid dienone is 1. The van der Waals surface area contributed by atoms with E-state index in [1.165, 1.54) is 30.3 Å². The van der Waals surface area contributed by atoms with Gasteiger partial charge in [0, 0.05) is 18.7 Å². The smallest absolute Gasteiger partial charge is 0.232 e. The van der Waals surface area contributed by atoms with Crippen molar-refractivity contribution in [2.75, 3.05) is 6.73 Å². The zero-order valence-corrected chi connectivity index (χ0v) is 17.9. The molecular weight excluding hydrogens is 436 g/mol. The van der Waals surface area contributed by atoms with Crippen LogP contribution in [0.2, 0.25) is 5.02 Å². The lowest BCUT2D eigenvalue weighted by molar-refractivity contribution is 0.0872. The number of carbonyl (C=O) groups is 1. The van der Waals surface area contributed by atoms with Gasteiger partial charge in [-0.05, 0) is 54.5 Å². The molecule has 162 valence electrons. The second kappa shape index (κ2) is 8.04. The zero-order valence-electron chi connectivity index (χ0n) is 17.1. The van der Waals surface area contributed by atoms with E-state index in [1.54, 1.807) is 18.2 Å². The lowest BCUT2D eigenvalue weighted by Gasteiger charge is -2.30. The van der Waals surface area contributed by atoms with Crippen LogP contribution in [0, 0.1) is 18.6 Å². The van der Waals surface area contributed by atoms with Gasteiger partial charge in [-0.25, -0.2) is 8.78 Å². The molecule has 0 unspecified atom stereocenters. The number of fused-ring (bicyclic) bond motifs is 3. The summed E-state index contributed by atoms with van der Waals surface area (Å²) in [6.45, 7) is 3.19. The molecule has 2 aliphatic rings. The van der Waals surface area contributed by atoms with Gasteiger partial charge in [0.1, 0.15) is 29.9 Å². The first-order chi connectivity index (χ1) is 15.4. The summed E-state index contributed by atoms with van der Waals surface area (Å²) in [5, 5.41) is 0.192. The minimum Gasteiger partial charge on any atom is -0.478 e. The zero-order chi connectivity index (χ0) is 22.4. The lowest BCUT2D eigenvalue weighted by atomic mass is 9.98. The summed E-state index contributed by atoms with van der Waals surface area (Å²) in [4.78, 5) is 15.1. The number of halogens is 3. The maximum atomic E-state index is 14.2. The van der Waals surface area contributed by atoms with Crippen LogP contribution in [-0.2, 0) is 13.1 Å². The number of nitrogens with zero attached hydrogens (tertiary/aromatic N) is 1. The molecule has 0 amide bonds. The number of ketones is 1. The fourth-order valence-electron chi connectivity index (χ4n) is 4.00. The van der Waals surface area contributed by atoms with E-state index in [2.05, 4.69) is 0 Å². The number of hydrogen-bond acceptors (Lipinski definition) is 4. The van der Waals surface area contributed by atoms with Gasteiger partial charge in [-0.3, -0.25) is 9.69 Å². The number of aryl methyl sites for hydroxylation is 1. The van der Waals surface area contributed by atoms with Gasteiger partial charge in [0.2, 0.25) is 5.78 Å². The van der Waals surface area contributed by atoms with Gasteiger partial charge in [0.05, 0.1) is 16.1 Å². The van der Waals surface area contributed by atoms with Crippen LogP contribution in [0.4, 0.5) is 8.78 Å². The Bertz CT molecular complexity index is 1250. The lowest BCUT2D eigenvalue weighted by Crippen LogP contribution is -2.31. The SMILES string of the molecule is Cc1cc2c(c3c1C(=O)/C(=C/c1c(F)cccc1Cl)O3)CN(Cc1ccc(F)cc1)CO2. The largest absolute Gasteiger partial charge is 0.478 e. The van der Waals surface area contributed by atoms with E-state index in [9.17, 15) is 13.6 Å². The first-order valence-corrected chi connectivity index (χ1v) is 10.4. The molecule has 32 heavy (non-hydrogen) atoms. The van der Waals surface area contributed by atoms with Crippen LogP contribution in [0.3, 0.4) is 0 Å². The van der Waals surface area contributed by atoms with Crippen LogP contribution in [0.15, 0.2) is 54.3 Å².